The largest absolute Gasteiger partial charge is 0.149 e. The molecule has 0 saturated carbocycles. The minimum Gasteiger partial charge on any atom is -0.149 e. The van der Waals surface area contributed by atoms with E-state index in [1.807, 2.05) is 30.0 Å². The second kappa shape index (κ2) is 4.57. The van der Waals surface area contributed by atoms with Gasteiger partial charge in [0.1, 0.15) is 10.7 Å². The molecule has 2 nitrogen and oxygen atoms in total. The van der Waals surface area contributed by atoms with E-state index in [1.165, 1.54) is 16.3 Å². The number of hydrogen-bond acceptors (Lipinski definition) is 3. The Morgan fingerprint density at radius 3 is 2.57 bits per heavy atom. The molecule has 104 valence electrons. The number of nitrogens with zero attached hydrogens (tertiary/aromatic N) is 2. The van der Waals surface area contributed by atoms with Crippen molar-refractivity contribution in [1.82, 2.24) is 10.2 Å². The summed E-state index contributed by atoms with van der Waals surface area (Å²) in [6.07, 6.45) is 0. The first-order valence-electron chi connectivity index (χ1n) is 7.15. The van der Waals surface area contributed by atoms with Crippen LogP contribution in [0.1, 0.15) is 19.4 Å². The molecule has 21 heavy (non-hydrogen) atoms. The number of rotatable bonds is 1. The third kappa shape index (κ3) is 1.95. The van der Waals surface area contributed by atoms with Crippen LogP contribution in [0, 0.1) is 0 Å². The van der Waals surface area contributed by atoms with Crippen molar-refractivity contribution in [3.63, 3.8) is 0 Å². The van der Waals surface area contributed by atoms with Crippen molar-refractivity contribution < 1.29 is 0 Å². The summed E-state index contributed by atoms with van der Waals surface area (Å²) < 4.78 is 0. The van der Waals surface area contributed by atoms with E-state index in [0.717, 1.165) is 22.0 Å². The maximum Gasteiger partial charge on any atom is 0.127 e. The molecule has 0 bridgehead atoms. The van der Waals surface area contributed by atoms with Crippen molar-refractivity contribution in [3.8, 4) is 11.3 Å². The number of aromatic nitrogens is 2. The first-order chi connectivity index (χ1) is 10.2. The van der Waals surface area contributed by atoms with E-state index in [-0.39, 0.29) is 5.41 Å². The molecule has 3 aromatic rings. The Bertz CT molecular complexity index is 825. The van der Waals surface area contributed by atoms with Crippen LogP contribution in [0.5, 0.6) is 0 Å². The highest BCUT2D eigenvalue weighted by molar-refractivity contribution is 7.99. The maximum atomic E-state index is 4.50. The second-order valence-corrected chi connectivity index (χ2v) is 7.08. The average molecular weight is 292 g/mol. The SMILES string of the molecule is CC1(C)CSc2nnc(-c3ccccc3)c3cccc1c23. The van der Waals surface area contributed by atoms with E-state index in [1.54, 1.807) is 0 Å². The smallest absolute Gasteiger partial charge is 0.127 e. The lowest BCUT2D eigenvalue weighted by atomic mass is 9.83. The number of hydrogen-bond donors (Lipinski definition) is 0. The molecular formula is C18H16N2S. The van der Waals surface area contributed by atoms with Gasteiger partial charge in [0.25, 0.3) is 0 Å². The molecule has 0 saturated heterocycles. The Labute approximate surface area is 128 Å². The van der Waals surface area contributed by atoms with E-state index < -0.39 is 0 Å². The lowest BCUT2D eigenvalue weighted by molar-refractivity contribution is 0.601. The second-order valence-electron chi connectivity index (χ2n) is 6.12. The number of benzene rings is 2. The molecule has 0 N–H and O–H groups in total. The van der Waals surface area contributed by atoms with Crippen LogP contribution in [0.4, 0.5) is 0 Å². The third-order valence-electron chi connectivity index (χ3n) is 4.12. The zero-order valence-corrected chi connectivity index (χ0v) is 12.9. The summed E-state index contributed by atoms with van der Waals surface area (Å²) >= 11 is 1.82. The van der Waals surface area contributed by atoms with E-state index in [2.05, 4.69) is 54.4 Å². The van der Waals surface area contributed by atoms with Gasteiger partial charge in [0.15, 0.2) is 0 Å². The molecule has 0 aliphatic carbocycles. The van der Waals surface area contributed by atoms with Gasteiger partial charge in [0, 0.05) is 22.1 Å². The topological polar surface area (TPSA) is 25.8 Å². The minimum absolute atomic E-state index is 0.175. The first kappa shape index (κ1) is 12.8. The summed E-state index contributed by atoms with van der Waals surface area (Å²) in [5.41, 5.74) is 3.67. The zero-order chi connectivity index (χ0) is 14.4. The van der Waals surface area contributed by atoms with Gasteiger partial charge in [0.2, 0.25) is 0 Å². The summed E-state index contributed by atoms with van der Waals surface area (Å²) in [6, 6.07) is 16.9. The molecule has 0 atom stereocenters. The van der Waals surface area contributed by atoms with Crippen LogP contribution in [0.15, 0.2) is 53.6 Å². The van der Waals surface area contributed by atoms with Crippen LogP contribution in [-0.4, -0.2) is 16.0 Å². The summed E-state index contributed by atoms with van der Waals surface area (Å²) in [5.74, 6) is 1.05. The van der Waals surface area contributed by atoms with Gasteiger partial charge < -0.3 is 0 Å². The van der Waals surface area contributed by atoms with E-state index in [4.69, 9.17) is 0 Å². The molecule has 4 rings (SSSR count). The zero-order valence-electron chi connectivity index (χ0n) is 12.1. The van der Waals surface area contributed by atoms with Gasteiger partial charge in [0.05, 0.1) is 0 Å². The van der Waals surface area contributed by atoms with E-state index >= 15 is 0 Å². The summed E-state index contributed by atoms with van der Waals surface area (Å²) in [6.45, 7) is 4.61. The monoisotopic (exact) mass is 292 g/mol. The standard InChI is InChI=1S/C18H16N2S/c1-18(2)11-21-17-15-13(9-6-10-14(15)18)16(19-20-17)12-7-4-3-5-8-12/h3-10H,11H2,1-2H3. The van der Waals surface area contributed by atoms with Crippen molar-refractivity contribution in [3.05, 3.63) is 54.1 Å². The highest BCUT2D eigenvalue weighted by Gasteiger charge is 2.30. The highest BCUT2D eigenvalue weighted by Crippen LogP contribution is 2.44. The number of thioether (sulfide) groups is 1. The Kier molecular flexibility index (Phi) is 2.79. The summed E-state index contributed by atoms with van der Waals surface area (Å²) in [5, 5.41) is 12.6. The van der Waals surface area contributed by atoms with Gasteiger partial charge in [-0.05, 0) is 11.0 Å². The van der Waals surface area contributed by atoms with Crippen molar-refractivity contribution >= 4 is 22.5 Å². The average Bonchev–Trinajstić information content (AvgIpc) is 2.52. The highest BCUT2D eigenvalue weighted by atomic mass is 32.2. The van der Waals surface area contributed by atoms with E-state index in [9.17, 15) is 0 Å². The summed E-state index contributed by atoms with van der Waals surface area (Å²) in [4.78, 5) is 0. The molecule has 0 spiro atoms. The Morgan fingerprint density at radius 1 is 0.952 bits per heavy atom. The first-order valence-corrected chi connectivity index (χ1v) is 8.13. The Morgan fingerprint density at radius 2 is 1.76 bits per heavy atom. The van der Waals surface area contributed by atoms with Gasteiger partial charge in [-0.15, -0.1) is 22.0 Å². The molecule has 2 aromatic carbocycles. The van der Waals surface area contributed by atoms with Crippen LogP contribution in [0.3, 0.4) is 0 Å². The lowest BCUT2D eigenvalue weighted by Crippen LogP contribution is -2.24. The fraction of sp³-hybridized carbons (Fsp3) is 0.222. The normalized spacial score (nSPS) is 16.1. The molecule has 1 aliphatic heterocycles. The fourth-order valence-corrected chi connectivity index (χ4v) is 4.10. The molecular weight excluding hydrogens is 276 g/mol. The Balaban J connectivity index is 2.08. The third-order valence-corrected chi connectivity index (χ3v) is 5.55. The molecule has 2 heterocycles. The predicted molar refractivity (Wildman–Crippen MR) is 88.7 cm³/mol. The van der Waals surface area contributed by atoms with Gasteiger partial charge >= 0.3 is 0 Å². The molecule has 1 aromatic heterocycles. The van der Waals surface area contributed by atoms with E-state index in [0.29, 0.717) is 0 Å². The molecule has 3 heteroatoms. The van der Waals surface area contributed by atoms with Crippen molar-refractivity contribution in [2.24, 2.45) is 0 Å². The Hall–Kier alpha value is -1.87. The molecule has 0 fully saturated rings. The van der Waals surface area contributed by atoms with Gasteiger partial charge in [-0.2, -0.15) is 0 Å². The molecule has 0 radical (unpaired) electrons. The van der Waals surface area contributed by atoms with Gasteiger partial charge in [-0.3, -0.25) is 0 Å². The maximum absolute atomic E-state index is 4.50. The molecule has 0 amide bonds. The summed E-state index contributed by atoms with van der Waals surface area (Å²) in [7, 11) is 0. The van der Waals surface area contributed by atoms with Crippen molar-refractivity contribution in [1.29, 1.82) is 0 Å². The van der Waals surface area contributed by atoms with Gasteiger partial charge in [-0.25, -0.2) is 0 Å². The molecule has 1 aliphatic rings. The fourth-order valence-electron chi connectivity index (χ4n) is 2.98. The van der Waals surface area contributed by atoms with Crippen LogP contribution >= 0.6 is 11.8 Å². The van der Waals surface area contributed by atoms with Gasteiger partial charge in [-0.1, -0.05) is 62.4 Å². The molecule has 0 unspecified atom stereocenters. The van der Waals surface area contributed by atoms with Crippen LogP contribution < -0.4 is 0 Å². The lowest BCUT2D eigenvalue weighted by Gasteiger charge is -2.31. The quantitative estimate of drug-likeness (QED) is 0.651. The van der Waals surface area contributed by atoms with Crippen LogP contribution in [0.2, 0.25) is 0 Å². The van der Waals surface area contributed by atoms with Crippen molar-refractivity contribution in [2.45, 2.75) is 24.3 Å². The van der Waals surface area contributed by atoms with Crippen molar-refractivity contribution in [2.75, 3.05) is 5.75 Å². The van der Waals surface area contributed by atoms with Crippen LogP contribution in [0.25, 0.3) is 22.0 Å². The minimum atomic E-state index is 0.175. The predicted octanol–water partition coefficient (Wildman–Crippen LogP) is 4.68. The van der Waals surface area contributed by atoms with Crippen LogP contribution in [-0.2, 0) is 5.41 Å².